The van der Waals surface area contributed by atoms with Crippen molar-refractivity contribution in [3.8, 4) is 11.5 Å². The minimum absolute atomic E-state index is 0.163. The molecule has 1 N–H and O–H groups in total. The SMILES string of the molecule is CN1CCc2cc(Cl)c(O)cc2C(c2cccc3c2OCCC3)C1. The Bertz CT molecular complexity index is 774. The lowest BCUT2D eigenvalue weighted by molar-refractivity contribution is 0.280. The molecule has 0 bridgehead atoms. The second-order valence-electron chi connectivity index (χ2n) is 6.85. The monoisotopic (exact) mass is 343 g/mol. The molecule has 24 heavy (non-hydrogen) atoms. The molecule has 2 aliphatic rings. The average Bonchev–Trinajstić information content (AvgIpc) is 2.74. The van der Waals surface area contributed by atoms with E-state index < -0.39 is 0 Å². The zero-order chi connectivity index (χ0) is 16.7. The Morgan fingerprint density at radius 1 is 1.17 bits per heavy atom. The van der Waals surface area contributed by atoms with Crippen molar-refractivity contribution in [2.24, 2.45) is 0 Å². The number of phenolic OH excluding ortho intramolecular Hbond substituents is 1. The molecular weight excluding hydrogens is 322 g/mol. The van der Waals surface area contributed by atoms with Gasteiger partial charge in [-0.3, -0.25) is 0 Å². The van der Waals surface area contributed by atoms with E-state index in [2.05, 4.69) is 30.1 Å². The Hall–Kier alpha value is -1.71. The van der Waals surface area contributed by atoms with Gasteiger partial charge in [-0.2, -0.15) is 0 Å². The second-order valence-corrected chi connectivity index (χ2v) is 7.26. The minimum Gasteiger partial charge on any atom is -0.506 e. The van der Waals surface area contributed by atoms with Gasteiger partial charge in [-0.15, -0.1) is 0 Å². The van der Waals surface area contributed by atoms with Crippen LogP contribution in [0.1, 0.15) is 34.6 Å². The van der Waals surface area contributed by atoms with Gasteiger partial charge in [0.15, 0.2) is 0 Å². The van der Waals surface area contributed by atoms with Gasteiger partial charge in [0.25, 0.3) is 0 Å². The van der Waals surface area contributed by atoms with Crippen molar-refractivity contribution in [3.05, 3.63) is 57.6 Å². The molecule has 0 radical (unpaired) electrons. The van der Waals surface area contributed by atoms with E-state index in [-0.39, 0.29) is 11.7 Å². The number of hydrogen-bond donors (Lipinski definition) is 1. The van der Waals surface area contributed by atoms with Crippen molar-refractivity contribution < 1.29 is 9.84 Å². The summed E-state index contributed by atoms with van der Waals surface area (Å²) < 4.78 is 6.05. The van der Waals surface area contributed by atoms with Crippen LogP contribution < -0.4 is 4.74 Å². The van der Waals surface area contributed by atoms with Crippen LogP contribution in [0.15, 0.2) is 30.3 Å². The highest BCUT2D eigenvalue weighted by atomic mass is 35.5. The molecule has 0 spiro atoms. The predicted octanol–water partition coefficient (Wildman–Crippen LogP) is 3.99. The number of phenols is 1. The number of halogens is 1. The third-order valence-electron chi connectivity index (χ3n) is 5.18. The summed E-state index contributed by atoms with van der Waals surface area (Å²) in [4.78, 5) is 2.35. The topological polar surface area (TPSA) is 32.7 Å². The van der Waals surface area contributed by atoms with Gasteiger partial charge >= 0.3 is 0 Å². The molecule has 2 heterocycles. The van der Waals surface area contributed by atoms with E-state index in [4.69, 9.17) is 16.3 Å². The minimum atomic E-state index is 0.163. The van der Waals surface area contributed by atoms with Crippen molar-refractivity contribution in [1.29, 1.82) is 0 Å². The van der Waals surface area contributed by atoms with Crippen LogP contribution in [0.3, 0.4) is 0 Å². The van der Waals surface area contributed by atoms with E-state index >= 15 is 0 Å². The Morgan fingerprint density at radius 2 is 2.04 bits per heavy atom. The largest absolute Gasteiger partial charge is 0.506 e. The average molecular weight is 344 g/mol. The summed E-state index contributed by atoms with van der Waals surface area (Å²) in [6, 6.07) is 10.2. The van der Waals surface area contributed by atoms with Gasteiger partial charge in [-0.25, -0.2) is 0 Å². The van der Waals surface area contributed by atoms with Gasteiger partial charge in [0, 0.05) is 24.6 Å². The van der Waals surface area contributed by atoms with Crippen LogP contribution in [0, 0.1) is 0 Å². The lowest BCUT2D eigenvalue weighted by Crippen LogP contribution is -2.25. The summed E-state index contributed by atoms with van der Waals surface area (Å²) in [5, 5.41) is 10.6. The molecule has 2 aromatic carbocycles. The number of hydrogen-bond acceptors (Lipinski definition) is 3. The molecule has 1 unspecified atom stereocenters. The van der Waals surface area contributed by atoms with Gasteiger partial charge < -0.3 is 14.7 Å². The first-order valence-corrected chi connectivity index (χ1v) is 8.95. The van der Waals surface area contributed by atoms with Crippen LogP contribution in [0.25, 0.3) is 0 Å². The second kappa shape index (κ2) is 6.30. The Kier molecular flexibility index (Phi) is 4.15. The number of benzene rings is 2. The fraction of sp³-hybridized carbons (Fsp3) is 0.400. The van der Waals surface area contributed by atoms with Gasteiger partial charge in [-0.05, 0) is 55.1 Å². The van der Waals surface area contributed by atoms with Crippen LogP contribution in [0.5, 0.6) is 11.5 Å². The first-order chi connectivity index (χ1) is 11.6. The molecule has 0 fully saturated rings. The van der Waals surface area contributed by atoms with Gasteiger partial charge in [0.05, 0.1) is 11.6 Å². The highest BCUT2D eigenvalue weighted by molar-refractivity contribution is 6.32. The number of aromatic hydroxyl groups is 1. The molecule has 4 rings (SSSR count). The number of nitrogens with zero attached hydrogens (tertiary/aromatic N) is 1. The molecule has 0 aromatic heterocycles. The van der Waals surface area contributed by atoms with Crippen LogP contribution in [-0.2, 0) is 12.8 Å². The summed E-state index contributed by atoms with van der Waals surface area (Å²) in [7, 11) is 2.15. The summed E-state index contributed by atoms with van der Waals surface area (Å²) >= 11 is 6.16. The fourth-order valence-corrected chi connectivity index (χ4v) is 4.11. The number of rotatable bonds is 1. The maximum atomic E-state index is 10.2. The van der Waals surface area contributed by atoms with Crippen molar-refractivity contribution in [2.45, 2.75) is 25.2 Å². The van der Waals surface area contributed by atoms with Gasteiger partial charge in [0.2, 0.25) is 0 Å². The van der Waals surface area contributed by atoms with Gasteiger partial charge in [-0.1, -0.05) is 29.8 Å². The zero-order valence-electron chi connectivity index (χ0n) is 13.9. The molecule has 126 valence electrons. The molecule has 0 saturated carbocycles. The maximum Gasteiger partial charge on any atom is 0.134 e. The Labute approximate surface area is 147 Å². The van der Waals surface area contributed by atoms with Crippen molar-refractivity contribution in [2.75, 3.05) is 26.7 Å². The van der Waals surface area contributed by atoms with Crippen molar-refractivity contribution in [1.82, 2.24) is 4.90 Å². The van der Waals surface area contributed by atoms with E-state index in [1.54, 1.807) is 0 Å². The molecular formula is C20H22ClNO2. The molecule has 2 aromatic rings. The molecule has 3 nitrogen and oxygen atoms in total. The van der Waals surface area contributed by atoms with E-state index in [9.17, 15) is 5.11 Å². The fourth-order valence-electron chi connectivity index (χ4n) is 3.93. The number of aryl methyl sites for hydroxylation is 1. The van der Waals surface area contributed by atoms with E-state index in [0.29, 0.717) is 5.02 Å². The number of likely N-dealkylation sites (N-methyl/N-ethyl adjacent to an activating group) is 1. The van der Waals surface area contributed by atoms with Crippen molar-refractivity contribution >= 4 is 11.6 Å². The molecule has 0 amide bonds. The van der Waals surface area contributed by atoms with Crippen LogP contribution in [-0.4, -0.2) is 36.8 Å². The summed E-state index contributed by atoms with van der Waals surface area (Å²) in [5.41, 5.74) is 4.92. The summed E-state index contributed by atoms with van der Waals surface area (Å²) in [6.07, 6.45) is 3.09. The third-order valence-corrected chi connectivity index (χ3v) is 5.48. The summed E-state index contributed by atoms with van der Waals surface area (Å²) in [5.74, 6) is 1.39. The maximum absolute atomic E-state index is 10.2. The van der Waals surface area contributed by atoms with E-state index in [0.717, 1.165) is 44.7 Å². The predicted molar refractivity (Wildman–Crippen MR) is 96.4 cm³/mol. The molecule has 2 aliphatic heterocycles. The highest BCUT2D eigenvalue weighted by Crippen LogP contribution is 2.41. The molecule has 0 saturated heterocycles. The van der Waals surface area contributed by atoms with Crippen molar-refractivity contribution in [3.63, 3.8) is 0 Å². The van der Waals surface area contributed by atoms with Crippen LogP contribution in [0.4, 0.5) is 0 Å². The molecule has 1 atom stereocenters. The third kappa shape index (κ3) is 2.76. The first kappa shape index (κ1) is 15.8. The lowest BCUT2D eigenvalue weighted by Gasteiger charge is -2.27. The number of fused-ring (bicyclic) bond motifs is 2. The lowest BCUT2D eigenvalue weighted by atomic mass is 9.85. The van der Waals surface area contributed by atoms with Crippen LogP contribution >= 0.6 is 11.6 Å². The zero-order valence-corrected chi connectivity index (χ0v) is 14.6. The number of para-hydroxylation sites is 1. The highest BCUT2D eigenvalue weighted by Gasteiger charge is 2.28. The van der Waals surface area contributed by atoms with E-state index in [1.165, 1.54) is 22.3 Å². The van der Waals surface area contributed by atoms with Crippen LogP contribution in [0.2, 0.25) is 5.02 Å². The smallest absolute Gasteiger partial charge is 0.134 e. The summed E-state index contributed by atoms with van der Waals surface area (Å²) in [6.45, 7) is 2.68. The Balaban J connectivity index is 1.87. The standard InChI is InChI=1S/C20H22ClNO2/c1-22-8-7-14-10-18(21)19(23)11-16(14)17(12-22)15-6-2-4-13-5-3-9-24-20(13)15/h2,4,6,10-11,17,23H,3,5,7-9,12H2,1H3. The van der Waals surface area contributed by atoms with E-state index in [1.807, 2.05) is 12.1 Å². The Morgan fingerprint density at radius 3 is 2.92 bits per heavy atom. The number of ether oxygens (including phenoxy) is 1. The molecule has 4 heteroatoms. The normalized spacial score (nSPS) is 20.7. The quantitative estimate of drug-likeness (QED) is 0.849. The first-order valence-electron chi connectivity index (χ1n) is 8.58. The van der Waals surface area contributed by atoms with Gasteiger partial charge in [0.1, 0.15) is 11.5 Å². The molecule has 0 aliphatic carbocycles.